The lowest BCUT2D eigenvalue weighted by Crippen LogP contribution is -2.23. The SMILES string of the molecule is Cc1cc(C)cc(NCC(=O)Nc2cccc(S(=O)(=O)N(C)C)c2)c1. The molecule has 0 saturated carbocycles. The fourth-order valence-corrected chi connectivity index (χ4v) is 3.36. The van der Waals surface area contributed by atoms with Crippen molar-refractivity contribution in [1.29, 1.82) is 0 Å². The van der Waals surface area contributed by atoms with Gasteiger partial charge in [0, 0.05) is 25.5 Å². The summed E-state index contributed by atoms with van der Waals surface area (Å²) in [4.78, 5) is 12.3. The van der Waals surface area contributed by atoms with Gasteiger partial charge < -0.3 is 10.6 Å². The molecule has 0 heterocycles. The zero-order valence-electron chi connectivity index (χ0n) is 14.8. The predicted octanol–water partition coefficient (Wildman–Crippen LogP) is 2.60. The van der Waals surface area contributed by atoms with E-state index in [9.17, 15) is 13.2 Å². The smallest absolute Gasteiger partial charge is 0.243 e. The molecule has 6 nitrogen and oxygen atoms in total. The number of hydrogen-bond donors (Lipinski definition) is 2. The van der Waals surface area contributed by atoms with E-state index in [1.165, 1.54) is 26.2 Å². The van der Waals surface area contributed by atoms with E-state index in [1.807, 2.05) is 26.0 Å². The molecule has 0 radical (unpaired) electrons. The number of benzene rings is 2. The number of anilines is 2. The number of hydrogen-bond acceptors (Lipinski definition) is 4. The number of rotatable bonds is 6. The fourth-order valence-electron chi connectivity index (χ4n) is 2.41. The first-order valence-electron chi connectivity index (χ1n) is 7.83. The Morgan fingerprint density at radius 2 is 1.64 bits per heavy atom. The number of sulfonamides is 1. The van der Waals surface area contributed by atoms with E-state index in [1.54, 1.807) is 12.1 Å². The van der Waals surface area contributed by atoms with Crippen molar-refractivity contribution in [1.82, 2.24) is 4.31 Å². The van der Waals surface area contributed by atoms with E-state index in [-0.39, 0.29) is 17.3 Å². The van der Waals surface area contributed by atoms with Crippen LogP contribution in [0.4, 0.5) is 11.4 Å². The Balaban J connectivity index is 2.03. The van der Waals surface area contributed by atoms with Crippen LogP contribution in [0.15, 0.2) is 47.4 Å². The highest BCUT2D eigenvalue weighted by Gasteiger charge is 2.17. The molecule has 2 aromatic rings. The molecule has 0 aliphatic heterocycles. The summed E-state index contributed by atoms with van der Waals surface area (Å²) in [6.45, 7) is 4.08. The quantitative estimate of drug-likeness (QED) is 0.829. The van der Waals surface area contributed by atoms with E-state index in [0.29, 0.717) is 5.69 Å². The number of aryl methyl sites for hydroxylation is 2. The first-order valence-corrected chi connectivity index (χ1v) is 9.27. The van der Waals surface area contributed by atoms with Gasteiger partial charge in [-0.2, -0.15) is 0 Å². The van der Waals surface area contributed by atoms with Crippen LogP contribution >= 0.6 is 0 Å². The summed E-state index contributed by atoms with van der Waals surface area (Å²) < 4.78 is 25.4. The molecule has 134 valence electrons. The van der Waals surface area contributed by atoms with Crippen LogP contribution in [0, 0.1) is 13.8 Å². The summed E-state index contributed by atoms with van der Waals surface area (Å²) in [6.07, 6.45) is 0. The van der Waals surface area contributed by atoms with Crippen LogP contribution in [0.25, 0.3) is 0 Å². The second-order valence-electron chi connectivity index (χ2n) is 6.09. The van der Waals surface area contributed by atoms with Crippen molar-refractivity contribution in [3.05, 3.63) is 53.6 Å². The van der Waals surface area contributed by atoms with Gasteiger partial charge in [-0.1, -0.05) is 12.1 Å². The molecule has 0 aliphatic carbocycles. The van der Waals surface area contributed by atoms with Gasteiger partial charge in [-0.25, -0.2) is 12.7 Å². The molecular weight excluding hydrogens is 338 g/mol. The van der Waals surface area contributed by atoms with Crippen molar-refractivity contribution < 1.29 is 13.2 Å². The minimum atomic E-state index is -3.53. The molecule has 2 N–H and O–H groups in total. The van der Waals surface area contributed by atoms with Crippen LogP contribution in [-0.4, -0.2) is 39.3 Å². The highest BCUT2D eigenvalue weighted by molar-refractivity contribution is 7.89. The molecule has 1 amide bonds. The molecule has 0 bridgehead atoms. The summed E-state index contributed by atoms with van der Waals surface area (Å²) in [5.41, 5.74) is 3.54. The van der Waals surface area contributed by atoms with Crippen molar-refractivity contribution in [2.75, 3.05) is 31.3 Å². The lowest BCUT2D eigenvalue weighted by atomic mass is 10.1. The molecule has 7 heteroatoms. The van der Waals surface area contributed by atoms with Crippen molar-refractivity contribution in [2.24, 2.45) is 0 Å². The van der Waals surface area contributed by atoms with Crippen LogP contribution in [0.3, 0.4) is 0 Å². The Hall–Kier alpha value is -2.38. The van der Waals surface area contributed by atoms with E-state index in [4.69, 9.17) is 0 Å². The Kier molecular flexibility index (Phi) is 5.81. The lowest BCUT2D eigenvalue weighted by Gasteiger charge is -2.13. The minimum Gasteiger partial charge on any atom is -0.376 e. The number of nitrogens with one attached hydrogen (secondary N) is 2. The number of carbonyl (C=O) groups is 1. The van der Waals surface area contributed by atoms with Gasteiger partial charge in [0.2, 0.25) is 15.9 Å². The Bertz CT molecular complexity index is 857. The van der Waals surface area contributed by atoms with Crippen LogP contribution in [-0.2, 0) is 14.8 Å². The molecule has 0 fully saturated rings. The standard InChI is InChI=1S/C18H23N3O3S/c1-13-8-14(2)10-16(9-13)19-12-18(22)20-15-6-5-7-17(11-15)25(23,24)21(3)4/h5-11,19H,12H2,1-4H3,(H,20,22). The maximum atomic E-state index is 12.1. The molecule has 2 aromatic carbocycles. The van der Waals surface area contributed by atoms with E-state index in [0.717, 1.165) is 21.1 Å². The number of nitrogens with zero attached hydrogens (tertiary/aromatic N) is 1. The van der Waals surface area contributed by atoms with E-state index >= 15 is 0 Å². The first kappa shape index (κ1) is 19.0. The highest BCUT2D eigenvalue weighted by atomic mass is 32.2. The minimum absolute atomic E-state index is 0.0908. The number of amides is 1. The Labute approximate surface area is 148 Å². The summed E-state index contributed by atoms with van der Waals surface area (Å²) >= 11 is 0. The monoisotopic (exact) mass is 361 g/mol. The summed E-state index contributed by atoms with van der Waals surface area (Å²) in [6, 6.07) is 12.2. The third-order valence-corrected chi connectivity index (χ3v) is 5.38. The zero-order valence-corrected chi connectivity index (χ0v) is 15.6. The summed E-state index contributed by atoms with van der Waals surface area (Å²) in [7, 11) is -0.600. The fraction of sp³-hybridized carbons (Fsp3) is 0.278. The van der Waals surface area contributed by atoms with Gasteiger partial charge in [0.05, 0.1) is 11.4 Å². The Morgan fingerprint density at radius 1 is 1.00 bits per heavy atom. The average molecular weight is 361 g/mol. The molecule has 0 unspecified atom stereocenters. The summed E-state index contributed by atoms with van der Waals surface area (Å²) in [5.74, 6) is -0.251. The van der Waals surface area contributed by atoms with E-state index < -0.39 is 10.0 Å². The van der Waals surface area contributed by atoms with Crippen molar-refractivity contribution in [2.45, 2.75) is 18.7 Å². The van der Waals surface area contributed by atoms with Gasteiger partial charge in [0.15, 0.2) is 0 Å². The lowest BCUT2D eigenvalue weighted by molar-refractivity contribution is -0.114. The maximum Gasteiger partial charge on any atom is 0.243 e. The third kappa shape index (κ3) is 5.04. The van der Waals surface area contributed by atoms with E-state index in [2.05, 4.69) is 16.7 Å². The van der Waals surface area contributed by atoms with Gasteiger partial charge >= 0.3 is 0 Å². The van der Waals surface area contributed by atoms with Gasteiger partial charge in [-0.3, -0.25) is 4.79 Å². The van der Waals surface area contributed by atoms with Crippen LogP contribution in [0.1, 0.15) is 11.1 Å². The molecule has 0 saturated heterocycles. The van der Waals surface area contributed by atoms with Crippen molar-refractivity contribution >= 4 is 27.3 Å². The second-order valence-corrected chi connectivity index (χ2v) is 8.25. The van der Waals surface area contributed by atoms with Crippen LogP contribution < -0.4 is 10.6 Å². The molecule has 0 spiro atoms. The van der Waals surface area contributed by atoms with Crippen LogP contribution in [0.2, 0.25) is 0 Å². The van der Waals surface area contributed by atoms with Crippen molar-refractivity contribution in [3.63, 3.8) is 0 Å². The number of carbonyl (C=O) groups excluding carboxylic acids is 1. The first-order chi connectivity index (χ1) is 11.7. The van der Waals surface area contributed by atoms with Gasteiger partial charge in [-0.15, -0.1) is 0 Å². The molecule has 25 heavy (non-hydrogen) atoms. The molecule has 0 aromatic heterocycles. The maximum absolute atomic E-state index is 12.1. The Morgan fingerprint density at radius 3 is 2.24 bits per heavy atom. The molecule has 0 aliphatic rings. The predicted molar refractivity (Wildman–Crippen MR) is 100 cm³/mol. The summed E-state index contributed by atoms with van der Waals surface area (Å²) in [5, 5.41) is 5.78. The van der Waals surface area contributed by atoms with Crippen molar-refractivity contribution in [3.8, 4) is 0 Å². The molecular formula is C18H23N3O3S. The largest absolute Gasteiger partial charge is 0.376 e. The molecule has 2 rings (SSSR count). The third-order valence-electron chi connectivity index (χ3n) is 3.57. The second kappa shape index (κ2) is 7.67. The highest BCUT2D eigenvalue weighted by Crippen LogP contribution is 2.18. The van der Waals surface area contributed by atoms with Gasteiger partial charge in [0.1, 0.15) is 0 Å². The van der Waals surface area contributed by atoms with Crippen LogP contribution in [0.5, 0.6) is 0 Å². The van der Waals surface area contributed by atoms with Gasteiger partial charge in [0.25, 0.3) is 0 Å². The van der Waals surface area contributed by atoms with Gasteiger partial charge in [-0.05, 0) is 55.3 Å². The average Bonchev–Trinajstić information content (AvgIpc) is 2.52. The normalized spacial score (nSPS) is 11.4. The topological polar surface area (TPSA) is 78.5 Å². The molecule has 0 atom stereocenters. The zero-order chi connectivity index (χ0) is 18.6.